The van der Waals surface area contributed by atoms with E-state index in [1.807, 2.05) is 0 Å². The van der Waals surface area contributed by atoms with Gasteiger partial charge in [-0.05, 0) is 19.8 Å². The number of anilines is 2. The van der Waals surface area contributed by atoms with Gasteiger partial charge in [0.05, 0.1) is 32.0 Å². The lowest BCUT2D eigenvalue weighted by Crippen LogP contribution is -2.41. The van der Waals surface area contributed by atoms with Crippen molar-refractivity contribution in [1.29, 1.82) is 0 Å². The first kappa shape index (κ1) is 30.6. The van der Waals surface area contributed by atoms with Crippen molar-refractivity contribution in [2.24, 2.45) is 0 Å². The Morgan fingerprint density at radius 3 is 2.19 bits per heavy atom. The van der Waals surface area contributed by atoms with Gasteiger partial charge in [-0.3, -0.25) is 22.7 Å². The predicted octanol–water partition coefficient (Wildman–Crippen LogP) is 2.67. The van der Waals surface area contributed by atoms with Gasteiger partial charge in [0, 0.05) is 6.42 Å². The maximum absolute atomic E-state index is 13.4. The predicted molar refractivity (Wildman–Crippen MR) is 158 cm³/mol. The third kappa shape index (κ3) is 6.40. The molecule has 4 aromatic rings. The Morgan fingerprint density at radius 1 is 0.977 bits per heavy atom. The Morgan fingerprint density at radius 2 is 1.58 bits per heavy atom. The Bertz CT molecular complexity index is 1760. The maximum Gasteiger partial charge on any atom is 0.386 e. The summed E-state index contributed by atoms with van der Waals surface area (Å²) in [5.74, 6) is 0.445. The van der Waals surface area contributed by atoms with Crippen LogP contribution in [0.5, 0.6) is 0 Å². The lowest BCUT2D eigenvalue weighted by molar-refractivity contribution is -0.107. The second-order valence-electron chi connectivity index (χ2n) is 10.2. The minimum Gasteiger partial charge on any atom is -0.382 e. The molecule has 6 heterocycles. The number of imidazole rings is 2. The van der Waals surface area contributed by atoms with Crippen LogP contribution in [-0.2, 0) is 32.2 Å². The second-order valence-corrected chi connectivity index (χ2v) is 15.8. The molecule has 18 nitrogen and oxygen atoms in total. The number of rotatable bonds is 10. The van der Waals surface area contributed by atoms with Crippen LogP contribution in [0, 0.1) is 0 Å². The first-order valence-corrected chi connectivity index (χ1v) is 18.3. The van der Waals surface area contributed by atoms with Crippen molar-refractivity contribution in [3.63, 3.8) is 0 Å². The Labute approximate surface area is 254 Å². The highest BCUT2D eigenvalue weighted by Crippen LogP contribution is 2.58. The van der Waals surface area contributed by atoms with Gasteiger partial charge in [-0.15, -0.1) is 0 Å². The van der Waals surface area contributed by atoms with Crippen molar-refractivity contribution >= 4 is 72.1 Å². The van der Waals surface area contributed by atoms with Gasteiger partial charge in [0.1, 0.15) is 47.8 Å². The number of nitrogen functional groups attached to an aromatic ring is 2. The molecule has 0 spiro atoms. The number of nitrogens with two attached hydrogens (primary N) is 2. The fourth-order valence-corrected chi connectivity index (χ4v) is 7.26. The highest BCUT2D eigenvalue weighted by molar-refractivity contribution is 8.44. The summed E-state index contributed by atoms with van der Waals surface area (Å²) in [6, 6.07) is 0. The third-order valence-corrected chi connectivity index (χ3v) is 9.62. The highest BCUT2D eigenvalue weighted by Gasteiger charge is 2.51. The summed E-state index contributed by atoms with van der Waals surface area (Å²) in [5.41, 5.74) is 12.2. The molecular formula is C21H28N10O8P2S2. The molecule has 2 aliphatic heterocycles. The summed E-state index contributed by atoms with van der Waals surface area (Å²) < 4.78 is 57.5. The Kier molecular flexibility index (Phi) is 8.21. The minimum atomic E-state index is -4.19. The van der Waals surface area contributed by atoms with E-state index in [0.29, 0.717) is 35.2 Å². The normalized spacial score (nSPS) is 28.8. The van der Waals surface area contributed by atoms with E-state index in [1.54, 1.807) is 22.4 Å². The molecule has 0 radical (unpaired) electrons. The number of aromatic nitrogens is 8. The molecule has 0 bridgehead atoms. The molecule has 232 valence electrons. The molecule has 7 atom stereocenters. The molecule has 0 aromatic carbocycles. The van der Waals surface area contributed by atoms with Crippen molar-refractivity contribution in [3.8, 4) is 0 Å². The van der Waals surface area contributed by atoms with E-state index in [2.05, 4.69) is 54.4 Å². The van der Waals surface area contributed by atoms with E-state index in [9.17, 15) is 14.0 Å². The van der Waals surface area contributed by atoms with Gasteiger partial charge < -0.3 is 25.8 Å². The van der Waals surface area contributed by atoms with Gasteiger partial charge in [-0.2, -0.15) is 0 Å². The molecular weight excluding hydrogens is 646 g/mol. The van der Waals surface area contributed by atoms with Crippen LogP contribution in [0.1, 0.15) is 38.6 Å². The summed E-state index contributed by atoms with van der Waals surface area (Å²) in [5, 5.41) is 0. The number of thiol groups is 2. The molecule has 0 aliphatic carbocycles. The molecule has 5 N–H and O–H groups in total. The number of nitrogens with zero attached hydrogens (tertiary/aromatic N) is 8. The lowest BCUT2D eigenvalue weighted by Gasteiger charge is -2.31. The molecule has 2 aliphatic rings. The van der Waals surface area contributed by atoms with E-state index in [4.69, 9.17) is 34.5 Å². The molecule has 0 unspecified atom stereocenters. The van der Waals surface area contributed by atoms with Crippen LogP contribution in [0.2, 0.25) is 0 Å². The zero-order valence-electron chi connectivity index (χ0n) is 22.5. The molecule has 0 amide bonds. The number of fused-ring (bicyclic) bond motifs is 2. The number of hydrogen-bond donors (Lipinski definition) is 5. The van der Waals surface area contributed by atoms with Gasteiger partial charge >= 0.3 is 13.6 Å². The standard InChI is InChI=1S/C21H28N10O8P2S2/c1-21(6-36-40(32,33)42)12(4-14(38-21)31-10-29-16-18(23)25-8-27-20(16)31)39-41(34,43)35-5-11-2-3-13(37-11)30-9-28-15-17(22)24-7-26-19(15)30/h7-14H,2-6H2,1H3,(H,34,43)(H2,22,24,26)(H2,23,25,27)(H2,32,33,42)/t11-,12-,13+,14+,21+,41+/m0/s1. The van der Waals surface area contributed by atoms with Crippen molar-refractivity contribution in [2.45, 2.75) is 56.5 Å². The van der Waals surface area contributed by atoms with E-state index in [1.165, 1.54) is 19.0 Å². The van der Waals surface area contributed by atoms with Crippen molar-refractivity contribution in [3.05, 3.63) is 25.3 Å². The van der Waals surface area contributed by atoms with Crippen LogP contribution in [0.25, 0.3) is 22.3 Å². The van der Waals surface area contributed by atoms with Gasteiger partial charge in [-0.25, -0.2) is 39.0 Å². The fraction of sp³-hybridized carbons (Fsp3) is 0.524. The van der Waals surface area contributed by atoms with Crippen LogP contribution >= 0.6 is 38.1 Å². The van der Waals surface area contributed by atoms with Crippen LogP contribution < -0.4 is 11.5 Å². The fourth-order valence-electron chi connectivity index (χ4n) is 5.08. The molecule has 2 fully saturated rings. The smallest absolute Gasteiger partial charge is 0.382 e. The third-order valence-electron chi connectivity index (χ3n) is 7.19. The largest absolute Gasteiger partial charge is 0.386 e. The summed E-state index contributed by atoms with van der Waals surface area (Å²) in [6.07, 6.45) is 4.43. The van der Waals surface area contributed by atoms with Gasteiger partial charge in [0.2, 0.25) is 0 Å². The van der Waals surface area contributed by atoms with Gasteiger partial charge in [-0.1, -0.05) is 24.5 Å². The first-order valence-electron chi connectivity index (χ1n) is 12.9. The quantitative estimate of drug-likeness (QED) is 0.120. The number of ether oxygens (including phenoxy) is 2. The molecule has 22 heteroatoms. The van der Waals surface area contributed by atoms with E-state index >= 15 is 0 Å². The Hall–Kier alpha value is -2.38. The van der Waals surface area contributed by atoms with Crippen molar-refractivity contribution in [2.75, 3.05) is 24.7 Å². The summed E-state index contributed by atoms with van der Waals surface area (Å²) in [7, 11) is 0. The van der Waals surface area contributed by atoms with Crippen LogP contribution in [-0.4, -0.2) is 75.0 Å². The zero-order chi connectivity index (χ0) is 30.6. The van der Waals surface area contributed by atoms with Crippen molar-refractivity contribution in [1.82, 2.24) is 39.0 Å². The molecule has 0 saturated carbocycles. The minimum absolute atomic E-state index is 0.0872. The van der Waals surface area contributed by atoms with E-state index < -0.39 is 50.5 Å². The van der Waals surface area contributed by atoms with Crippen LogP contribution in [0.4, 0.5) is 11.6 Å². The maximum atomic E-state index is 13.4. The number of hydrogen-bond acceptors (Lipinski definition) is 15. The first-order chi connectivity index (χ1) is 20.3. The summed E-state index contributed by atoms with van der Waals surface area (Å²) in [4.78, 5) is 34.5. The topological polar surface area (TPSA) is 240 Å². The second kappa shape index (κ2) is 11.5. The summed E-state index contributed by atoms with van der Waals surface area (Å²) in [6.45, 7) is -7.15. The van der Waals surface area contributed by atoms with Crippen LogP contribution in [0.3, 0.4) is 0 Å². The average Bonchev–Trinajstić information content (AvgIpc) is 3.72. The zero-order valence-corrected chi connectivity index (χ0v) is 26.1. The van der Waals surface area contributed by atoms with Gasteiger partial charge in [0.15, 0.2) is 22.9 Å². The Balaban J connectivity index is 1.14. The van der Waals surface area contributed by atoms with Crippen molar-refractivity contribution < 1.29 is 37.1 Å². The highest BCUT2D eigenvalue weighted by atomic mass is 32.7. The van der Waals surface area contributed by atoms with E-state index in [0.717, 1.165) is 0 Å². The van der Waals surface area contributed by atoms with E-state index in [-0.39, 0.29) is 24.7 Å². The van der Waals surface area contributed by atoms with Crippen LogP contribution in [0.15, 0.2) is 25.3 Å². The van der Waals surface area contributed by atoms with Gasteiger partial charge in [0.25, 0.3) is 0 Å². The summed E-state index contributed by atoms with van der Waals surface area (Å²) >= 11 is 7.77. The monoisotopic (exact) mass is 674 g/mol. The molecule has 4 aromatic heterocycles. The molecule has 43 heavy (non-hydrogen) atoms. The lowest BCUT2D eigenvalue weighted by atomic mass is 10.0. The molecule has 2 saturated heterocycles. The SMILES string of the molecule is C[C@]1(CO[P@](=O)(O)S)O[C@@H](n2cnc3c(N)ncnc32)C[C@@H]1O[P@](=O)(S)OC[C@@H]1CC[C@H](n2cnc3c(N)ncnc32)O1. The average molecular weight is 675 g/mol. The molecule has 6 rings (SSSR count).